The Hall–Kier alpha value is -1.97. The summed E-state index contributed by atoms with van der Waals surface area (Å²) in [5.41, 5.74) is 7.79. The van der Waals surface area contributed by atoms with Crippen LogP contribution in [-0.4, -0.2) is 16.2 Å². The first-order valence-corrected chi connectivity index (χ1v) is 7.20. The van der Waals surface area contributed by atoms with E-state index in [1.54, 1.807) is 0 Å². The minimum atomic E-state index is 0.727. The van der Waals surface area contributed by atoms with E-state index in [1.807, 2.05) is 43.8 Å². The second-order valence-electron chi connectivity index (χ2n) is 5.10. The summed E-state index contributed by atoms with van der Waals surface area (Å²) in [5.74, 6) is 0.800. The molecule has 1 heterocycles. The van der Waals surface area contributed by atoms with E-state index in [1.165, 1.54) is 19.3 Å². The van der Waals surface area contributed by atoms with Gasteiger partial charge in [0.1, 0.15) is 5.75 Å². The Balaban J connectivity index is 1.55. The van der Waals surface area contributed by atoms with Gasteiger partial charge in [-0.2, -0.15) is 0 Å². The number of benzene rings is 1. The molecule has 0 saturated heterocycles. The Bertz CT molecular complexity index is 508. The first-order valence-electron chi connectivity index (χ1n) is 7.20. The van der Waals surface area contributed by atoms with E-state index in [2.05, 4.69) is 9.55 Å². The van der Waals surface area contributed by atoms with Gasteiger partial charge in [0.05, 0.1) is 18.6 Å². The molecule has 0 unspecified atom stereocenters. The smallest absolute Gasteiger partial charge is 0.142 e. The van der Waals surface area contributed by atoms with E-state index < -0.39 is 0 Å². The molecular weight excluding hydrogens is 250 g/mol. The van der Waals surface area contributed by atoms with Crippen molar-refractivity contribution in [1.82, 2.24) is 9.55 Å². The molecule has 0 aliphatic carbocycles. The number of rotatable bonds is 8. The van der Waals surface area contributed by atoms with Crippen molar-refractivity contribution in [2.75, 3.05) is 12.3 Å². The highest BCUT2D eigenvalue weighted by Crippen LogP contribution is 2.22. The van der Waals surface area contributed by atoms with Crippen LogP contribution in [0.2, 0.25) is 0 Å². The van der Waals surface area contributed by atoms with Gasteiger partial charge in [-0.25, -0.2) is 4.98 Å². The third-order valence-corrected chi connectivity index (χ3v) is 3.29. The first kappa shape index (κ1) is 14.4. The van der Waals surface area contributed by atoms with Crippen LogP contribution in [-0.2, 0) is 6.54 Å². The van der Waals surface area contributed by atoms with Crippen LogP contribution in [0.5, 0.6) is 5.75 Å². The Kier molecular flexibility index (Phi) is 5.47. The van der Waals surface area contributed by atoms with Gasteiger partial charge >= 0.3 is 0 Å². The van der Waals surface area contributed by atoms with Gasteiger partial charge in [-0.15, -0.1) is 0 Å². The molecule has 0 atom stereocenters. The van der Waals surface area contributed by atoms with Crippen molar-refractivity contribution >= 4 is 5.69 Å². The molecule has 2 aromatic rings. The number of nitrogens with zero attached hydrogens (tertiary/aromatic N) is 2. The van der Waals surface area contributed by atoms with Crippen LogP contribution in [0.3, 0.4) is 0 Å². The third kappa shape index (κ3) is 4.61. The largest absolute Gasteiger partial charge is 0.491 e. The van der Waals surface area contributed by atoms with E-state index in [4.69, 9.17) is 10.5 Å². The van der Waals surface area contributed by atoms with E-state index in [0.29, 0.717) is 0 Å². The molecule has 1 aromatic carbocycles. The maximum absolute atomic E-state index is 5.90. The van der Waals surface area contributed by atoms with Crippen LogP contribution in [0, 0.1) is 6.92 Å². The zero-order chi connectivity index (χ0) is 14.2. The van der Waals surface area contributed by atoms with Crippen molar-refractivity contribution in [3.05, 3.63) is 42.5 Å². The monoisotopic (exact) mass is 273 g/mol. The molecule has 108 valence electrons. The Morgan fingerprint density at radius 1 is 1.20 bits per heavy atom. The lowest BCUT2D eigenvalue weighted by molar-refractivity contribution is 0.305. The van der Waals surface area contributed by atoms with E-state index in [0.717, 1.165) is 36.6 Å². The zero-order valence-corrected chi connectivity index (χ0v) is 12.1. The lowest BCUT2D eigenvalue weighted by atomic mass is 10.2. The number of unbranched alkanes of at least 4 members (excludes halogenated alkanes) is 3. The Morgan fingerprint density at radius 2 is 2.05 bits per heavy atom. The van der Waals surface area contributed by atoms with Gasteiger partial charge in [0.2, 0.25) is 0 Å². The lowest BCUT2D eigenvalue weighted by Gasteiger charge is -2.09. The molecule has 2 rings (SSSR count). The summed E-state index contributed by atoms with van der Waals surface area (Å²) < 4.78 is 7.82. The molecule has 0 saturated carbocycles. The van der Waals surface area contributed by atoms with Crippen molar-refractivity contribution in [3.63, 3.8) is 0 Å². The summed E-state index contributed by atoms with van der Waals surface area (Å²) in [6.07, 6.45) is 10.3. The molecule has 0 bridgehead atoms. The van der Waals surface area contributed by atoms with Crippen LogP contribution in [0.1, 0.15) is 31.2 Å². The van der Waals surface area contributed by atoms with Gasteiger partial charge in [-0.1, -0.05) is 18.9 Å². The summed E-state index contributed by atoms with van der Waals surface area (Å²) in [6, 6.07) is 5.92. The molecule has 0 radical (unpaired) electrons. The number of hydrogen-bond donors (Lipinski definition) is 1. The standard InChI is InChI=1S/C16H23N3O/c1-14-6-7-16(15(17)12-14)20-11-5-3-2-4-9-19-10-8-18-13-19/h6-8,10,12-13H,2-5,9,11,17H2,1H3. The number of ether oxygens (including phenoxy) is 1. The van der Waals surface area contributed by atoms with Crippen LogP contribution in [0.4, 0.5) is 5.69 Å². The van der Waals surface area contributed by atoms with Crippen molar-refractivity contribution in [3.8, 4) is 5.75 Å². The lowest BCUT2D eigenvalue weighted by Crippen LogP contribution is -2.01. The molecule has 1 aromatic heterocycles. The van der Waals surface area contributed by atoms with Gasteiger partial charge in [-0.3, -0.25) is 0 Å². The average Bonchev–Trinajstić information content (AvgIpc) is 2.93. The number of imidazole rings is 1. The summed E-state index contributed by atoms with van der Waals surface area (Å²) in [6.45, 7) is 3.81. The Labute approximate surface area is 120 Å². The summed E-state index contributed by atoms with van der Waals surface area (Å²) >= 11 is 0. The molecular formula is C16H23N3O. The molecule has 4 heteroatoms. The first-order chi connectivity index (χ1) is 9.75. The summed E-state index contributed by atoms with van der Waals surface area (Å²) in [5, 5.41) is 0. The SMILES string of the molecule is Cc1ccc(OCCCCCCn2ccnc2)c(N)c1. The molecule has 0 aliphatic heterocycles. The third-order valence-electron chi connectivity index (χ3n) is 3.29. The van der Waals surface area contributed by atoms with E-state index in [9.17, 15) is 0 Å². The topological polar surface area (TPSA) is 53.1 Å². The number of nitrogen functional groups attached to an aromatic ring is 1. The average molecular weight is 273 g/mol. The second kappa shape index (κ2) is 7.58. The van der Waals surface area contributed by atoms with Gasteiger partial charge < -0.3 is 15.0 Å². The van der Waals surface area contributed by atoms with E-state index in [-0.39, 0.29) is 0 Å². The molecule has 4 nitrogen and oxygen atoms in total. The van der Waals surface area contributed by atoms with Gasteiger partial charge in [0, 0.05) is 18.9 Å². The van der Waals surface area contributed by atoms with Crippen LogP contribution < -0.4 is 10.5 Å². The fraction of sp³-hybridized carbons (Fsp3) is 0.438. The predicted molar refractivity (Wildman–Crippen MR) is 81.8 cm³/mol. The molecule has 0 amide bonds. The van der Waals surface area contributed by atoms with Crippen molar-refractivity contribution in [2.45, 2.75) is 39.2 Å². The number of aromatic nitrogens is 2. The van der Waals surface area contributed by atoms with Crippen molar-refractivity contribution in [1.29, 1.82) is 0 Å². The van der Waals surface area contributed by atoms with Crippen LogP contribution in [0.25, 0.3) is 0 Å². The van der Waals surface area contributed by atoms with Crippen LogP contribution >= 0.6 is 0 Å². The highest BCUT2D eigenvalue weighted by Gasteiger charge is 2.00. The molecule has 0 aliphatic rings. The fourth-order valence-corrected chi connectivity index (χ4v) is 2.15. The van der Waals surface area contributed by atoms with Gasteiger partial charge in [0.15, 0.2) is 0 Å². The van der Waals surface area contributed by atoms with Crippen molar-refractivity contribution < 1.29 is 4.74 Å². The minimum Gasteiger partial charge on any atom is -0.491 e. The minimum absolute atomic E-state index is 0.727. The summed E-state index contributed by atoms with van der Waals surface area (Å²) in [7, 11) is 0. The number of nitrogens with two attached hydrogens (primary N) is 1. The normalized spacial score (nSPS) is 10.7. The van der Waals surface area contributed by atoms with E-state index >= 15 is 0 Å². The van der Waals surface area contributed by atoms with Gasteiger partial charge in [0.25, 0.3) is 0 Å². The molecule has 0 fully saturated rings. The second-order valence-corrected chi connectivity index (χ2v) is 5.10. The maximum Gasteiger partial charge on any atom is 0.142 e. The maximum atomic E-state index is 5.90. The fourth-order valence-electron chi connectivity index (χ4n) is 2.15. The molecule has 2 N–H and O–H groups in total. The zero-order valence-electron chi connectivity index (χ0n) is 12.1. The highest BCUT2D eigenvalue weighted by molar-refractivity contribution is 5.53. The summed E-state index contributed by atoms with van der Waals surface area (Å²) in [4.78, 5) is 4.03. The van der Waals surface area contributed by atoms with Crippen molar-refractivity contribution in [2.24, 2.45) is 0 Å². The van der Waals surface area contributed by atoms with Crippen LogP contribution in [0.15, 0.2) is 36.9 Å². The quantitative estimate of drug-likeness (QED) is 0.592. The molecule has 0 spiro atoms. The number of hydrogen-bond acceptors (Lipinski definition) is 3. The molecule has 20 heavy (non-hydrogen) atoms. The number of anilines is 1. The Morgan fingerprint density at radius 3 is 2.80 bits per heavy atom. The highest BCUT2D eigenvalue weighted by atomic mass is 16.5. The number of aryl methyl sites for hydroxylation is 2. The predicted octanol–water partition coefficient (Wildman–Crippen LogP) is 3.41. The van der Waals surface area contributed by atoms with Gasteiger partial charge in [-0.05, 0) is 37.5 Å².